The monoisotopic (exact) mass is 349 g/mol. The van der Waals surface area contributed by atoms with Gasteiger partial charge in [-0.1, -0.05) is 19.1 Å². The van der Waals surface area contributed by atoms with E-state index < -0.39 is 10.2 Å². The molecule has 1 aromatic carbocycles. The van der Waals surface area contributed by atoms with Crippen molar-refractivity contribution in [3.63, 3.8) is 0 Å². The molecule has 108 valence electrons. The Bertz CT molecular complexity index is 494. The van der Waals surface area contributed by atoms with E-state index in [1.165, 1.54) is 4.31 Å². The fraction of sp³-hybridized carbons (Fsp3) is 0.500. The predicted octanol–water partition coefficient (Wildman–Crippen LogP) is 2.04. The van der Waals surface area contributed by atoms with Gasteiger partial charge in [0.25, 0.3) is 0 Å². The molecule has 0 atom stereocenters. The number of nitrogens with one attached hydrogen (secondary N) is 2. The van der Waals surface area contributed by atoms with Crippen LogP contribution in [0.15, 0.2) is 28.7 Å². The molecule has 0 aliphatic rings. The number of anilines is 1. The second kappa shape index (κ2) is 7.84. The molecule has 1 rings (SSSR count). The van der Waals surface area contributed by atoms with Crippen molar-refractivity contribution in [2.75, 3.05) is 31.4 Å². The first-order valence-electron chi connectivity index (χ1n) is 6.16. The SMILES string of the molecule is CCNCCCN(C)S(=O)(=O)Nc1ccccc1Br. The predicted molar refractivity (Wildman–Crippen MR) is 82.5 cm³/mol. The van der Waals surface area contributed by atoms with Crippen LogP contribution in [-0.2, 0) is 10.2 Å². The quantitative estimate of drug-likeness (QED) is 0.706. The normalized spacial score (nSPS) is 11.8. The molecule has 0 radical (unpaired) electrons. The Hall–Kier alpha value is -0.630. The van der Waals surface area contributed by atoms with Crippen LogP contribution in [0.1, 0.15) is 13.3 Å². The lowest BCUT2D eigenvalue weighted by molar-refractivity contribution is 0.459. The molecule has 0 heterocycles. The lowest BCUT2D eigenvalue weighted by atomic mass is 10.3. The second-order valence-electron chi connectivity index (χ2n) is 4.12. The Morgan fingerprint density at radius 3 is 2.63 bits per heavy atom. The van der Waals surface area contributed by atoms with Crippen molar-refractivity contribution in [2.24, 2.45) is 0 Å². The number of halogens is 1. The number of benzene rings is 1. The first-order chi connectivity index (χ1) is 8.97. The molecule has 0 saturated carbocycles. The van der Waals surface area contributed by atoms with Gasteiger partial charge in [0.1, 0.15) is 0 Å². The topological polar surface area (TPSA) is 61.4 Å². The van der Waals surface area contributed by atoms with Crippen molar-refractivity contribution in [3.05, 3.63) is 28.7 Å². The Labute approximate surface area is 123 Å². The minimum Gasteiger partial charge on any atom is -0.317 e. The summed E-state index contributed by atoms with van der Waals surface area (Å²) in [7, 11) is -1.92. The average molecular weight is 350 g/mol. The van der Waals surface area contributed by atoms with Gasteiger partial charge in [-0.2, -0.15) is 12.7 Å². The molecule has 0 unspecified atom stereocenters. The number of para-hydroxylation sites is 1. The number of rotatable bonds is 8. The molecule has 2 N–H and O–H groups in total. The van der Waals surface area contributed by atoms with Crippen LogP contribution in [-0.4, -0.2) is 39.4 Å². The number of hydrogen-bond acceptors (Lipinski definition) is 3. The van der Waals surface area contributed by atoms with Gasteiger partial charge in [0.05, 0.1) is 5.69 Å². The molecule has 7 heteroatoms. The zero-order valence-corrected chi connectivity index (χ0v) is 13.6. The Morgan fingerprint density at radius 2 is 2.00 bits per heavy atom. The highest BCUT2D eigenvalue weighted by Gasteiger charge is 2.17. The van der Waals surface area contributed by atoms with E-state index in [0.29, 0.717) is 12.2 Å². The fourth-order valence-corrected chi connectivity index (χ4v) is 2.98. The van der Waals surface area contributed by atoms with Crippen LogP contribution in [0.25, 0.3) is 0 Å². The van der Waals surface area contributed by atoms with Gasteiger partial charge >= 0.3 is 10.2 Å². The molecule has 1 aromatic rings. The van der Waals surface area contributed by atoms with Crippen LogP contribution in [0.5, 0.6) is 0 Å². The largest absolute Gasteiger partial charge is 0.317 e. The first-order valence-corrected chi connectivity index (χ1v) is 8.40. The molecule has 5 nitrogen and oxygen atoms in total. The van der Waals surface area contributed by atoms with Crippen LogP contribution >= 0.6 is 15.9 Å². The maximum atomic E-state index is 12.1. The Kier molecular flexibility index (Phi) is 6.78. The Morgan fingerprint density at radius 1 is 1.32 bits per heavy atom. The van der Waals surface area contributed by atoms with E-state index >= 15 is 0 Å². The van der Waals surface area contributed by atoms with Crippen molar-refractivity contribution in [1.82, 2.24) is 9.62 Å². The van der Waals surface area contributed by atoms with Gasteiger partial charge in [0, 0.05) is 18.1 Å². The summed E-state index contributed by atoms with van der Waals surface area (Å²) in [6.45, 7) is 4.21. The van der Waals surface area contributed by atoms with Crippen molar-refractivity contribution >= 4 is 31.8 Å². The molecule has 0 fully saturated rings. The van der Waals surface area contributed by atoms with Crippen LogP contribution in [0, 0.1) is 0 Å². The maximum Gasteiger partial charge on any atom is 0.301 e. The molecular weight excluding hydrogens is 330 g/mol. The van der Waals surface area contributed by atoms with Gasteiger partial charge in [-0.3, -0.25) is 4.72 Å². The summed E-state index contributed by atoms with van der Waals surface area (Å²) in [5.41, 5.74) is 0.543. The summed E-state index contributed by atoms with van der Waals surface area (Å²) in [5.74, 6) is 0. The molecule has 0 aliphatic heterocycles. The van der Waals surface area contributed by atoms with Crippen molar-refractivity contribution < 1.29 is 8.42 Å². The standard InChI is InChI=1S/C12H20BrN3O2S/c1-3-14-9-6-10-16(2)19(17,18)15-12-8-5-4-7-11(12)13/h4-5,7-8,14-15H,3,6,9-10H2,1-2H3. The smallest absolute Gasteiger partial charge is 0.301 e. The molecule has 0 spiro atoms. The lowest BCUT2D eigenvalue weighted by Gasteiger charge is -2.18. The molecule has 0 aromatic heterocycles. The third-order valence-corrected chi connectivity index (χ3v) is 4.77. The van der Waals surface area contributed by atoms with Gasteiger partial charge in [-0.15, -0.1) is 0 Å². The van der Waals surface area contributed by atoms with E-state index in [0.717, 1.165) is 24.0 Å². The minimum atomic E-state index is -3.50. The van der Waals surface area contributed by atoms with E-state index in [4.69, 9.17) is 0 Å². The summed E-state index contributed by atoms with van der Waals surface area (Å²) >= 11 is 3.32. The van der Waals surface area contributed by atoms with Crippen molar-refractivity contribution in [3.8, 4) is 0 Å². The minimum absolute atomic E-state index is 0.479. The van der Waals surface area contributed by atoms with Crippen LogP contribution in [0.4, 0.5) is 5.69 Å². The van der Waals surface area contributed by atoms with E-state index in [1.54, 1.807) is 25.2 Å². The van der Waals surface area contributed by atoms with Gasteiger partial charge in [0.15, 0.2) is 0 Å². The molecule has 0 bridgehead atoms. The molecule has 0 aliphatic carbocycles. The zero-order chi connectivity index (χ0) is 14.3. The van der Waals surface area contributed by atoms with Crippen LogP contribution < -0.4 is 10.0 Å². The summed E-state index contributed by atoms with van der Waals surface area (Å²) in [5, 5.41) is 3.16. The Balaban J connectivity index is 2.58. The van der Waals surface area contributed by atoms with Crippen LogP contribution in [0.3, 0.4) is 0 Å². The van der Waals surface area contributed by atoms with E-state index in [2.05, 4.69) is 26.0 Å². The third kappa shape index (κ3) is 5.48. The summed E-state index contributed by atoms with van der Waals surface area (Å²) in [6.07, 6.45) is 0.779. The highest BCUT2D eigenvalue weighted by Crippen LogP contribution is 2.22. The van der Waals surface area contributed by atoms with Gasteiger partial charge in [0.2, 0.25) is 0 Å². The number of hydrogen-bond donors (Lipinski definition) is 2. The molecule has 0 amide bonds. The highest BCUT2D eigenvalue weighted by molar-refractivity contribution is 9.10. The first kappa shape index (κ1) is 16.4. The average Bonchev–Trinajstić information content (AvgIpc) is 2.37. The maximum absolute atomic E-state index is 12.1. The lowest BCUT2D eigenvalue weighted by Crippen LogP contribution is -2.34. The summed E-state index contributed by atoms with van der Waals surface area (Å²) in [4.78, 5) is 0. The number of nitrogens with zero attached hydrogens (tertiary/aromatic N) is 1. The van der Waals surface area contributed by atoms with Gasteiger partial charge in [-0.05, 0) is 47.6 Å². The molecular formula is C12H20BrN3O2S. The second-order valence-corrected chi connectivity index (χ2v) is 6.75. The van der Waals surface area contributed by atoms with E-state index in [1.807, 2.05) is 13.0 Å². The molecule has 19 heavy (non-hydrogen) atoms. The van der Waals surface area contributed by atoms with Gasteiger partial charge < -0.3 is 5.32 Å². The highest BCUT2D eigenvalue weighted by atomic mass is 79.9. The summed E-state index contributed by atoms with van der Waals surface area (Å²) < 4.78 is 28.8. The van der Waals surface area contributed by atoms with Crippen molar-refractivity contribution in [2.45, 2.75) is 13.3 Å². The zero-order valence-electron chi connectivity index (χ0n) is 11.2. The summed E-state index contributed by atoms with van der Waals surface area (Å²) in [6, 6.07) is 7.13. The fourth-order valence-electron chi connectivity index (χ4n) is 1.48. The third-order valence-electron chi connectivity index (χ3n) is 2.60. The van der Waals surface area contributed by atoms with Crippen molar-refractivity contribution in [1.29, 1.82) is 0 Å². The van der Waals surface area contributed by atoms with Gasteiger partial charge in [-0.25, -0.2) is 0 Å². The van der Waals surface area contributed by atoms with E-state index in [-0.39, 0.29) is 0 Å². The van der Waals surface area contributed by atoms with E-state index in [9.17, 15) is 8.42 Å². The van der Waals surface area contributed by atoms with Crippen LogP contribution in [0.2, 0.25) is 0 Å². The molecule has 0 saturated heterocycles.